The van der Waals surface area contributed by atoms with E-state index in [2.05, 4.69) is 16.0 Å². The van der Waals surface area contributed by atoms with Crippen LogP contribution in [0.25, 0.3) is 0 Å². The molecule has 0 saturated heterocycles. The SMILES string of the molecule is CSCCC(NC(=O)C(N)C(C)C)C(=O)NC(Cc1ccc(O)cc1)C(=O)NC(Cc1ccccc1)C(=O)O. The van der Waals surface area contributed by atoms with Gasteiger partial charge in [-0.2, -0.15) is 11.8 Å². The predicted molar refractivity (Wildman–Crippen MR) is 151 cm³/mol. The van der Waals surface area contributed by atoms with Crippen LogP contribution in [-0.4, -0.2) is 70.1 Å². The van der Waals surface area contributed by atoms with Gasteiger partial charge in [0.1, 0.15) is 23.9 Å². The van der Waals surface area contributed by atoms with Crippen molar-refractivity contribution < 1.29 is 29.4 Å². The third-order valence-electron chi connectivity index (χ3n) is 6.17. The highest BCUT2D eigenvalue weighted by atomic mass is 32.2. The molecule has 39 heavy (non-hydrogen) atoms. The molecule has 0 aliphatic rings. The summed E-state index contributed by atoms with van der Waals surface area (Å²) in [5, 5.41) is 27.3. The van der Waals surface area contributed by atoms with Gasteiger partial charge in [0.15, 0.2) is 0 Å². The van der Waals surface area contributed by atoms with E-state index in [-0.39, 0.29) is 24.5 Å². The van der Waals surface area contributed by atoms with Crippen molar-refractivity contribution in [1.82, 2.24) is 16.0 Å². The number of carbonyl (C=O) groups excluding carboxylic acids is 3. The highest BCUT2D eigenvalue weighted by molar-refractivity contribution is 7.98. The van der Waals surface area contributed by atoms with E-state index in [9.17, 15) is 29.4 Å². The smallest absolute Gasteiger partial charge is 0.326 e. The number of rotatable bonds is 15. The minimum atomic E-state index is -1.23. The van der Waals surface area contributed by atoms with Gasteiger partial charge < -0.3 is 31.9 Å². The molecule has 7 N–H and O–H groups in total. The third kappa shape index (κ3) is 10.6. The molecule has 0 fully saturated rings. The van der Waals surface area contributed by atoms with Gasteiger partial charge in [-0.05, 0) is 47.6 Å². The first-order valence-electron chi connectivity index (χ1n) is 12.7. The number of aliphatic carboxylic acids is 1. The second kappa shape index (κ2) is 15.7. The molecule has 0 spiro atoms. The molecule has 4 unspecified atom stereocenters. The summed E-state index contributed by atoms with van der Waals surface area (Å²) in [4.78, 5) is 51.3. The summed E-state index contributed by atoms with van der Waals surface area (Å²) in [6.45, 7) is 3.60. The van der Waals surface area contributed by atoms with E-state index >= 15 is 0 Å². The number of amides is 3. The van der Waals surface area contributed by atoms with Crippen LogP contribution in [0.1, 0.15) is 31.4 Å². The van der Waals surface area contributed by atoms with Crippen molar-refractivity contribution in [2.24, 2.45) is 11.7 Å². The van der Waals surface area contributed by atoms with E-state index in [1.54, 1.807) is 56.3 Å². The largest absolute Gasteiger partial charge is 0.508 e. The number of benzene rings is 2. The second-order valence-electron chi connectivity index (χ2n) is 9.63. The first kappa shape index (κ1) is 31.6. The Morgan fingerprint density at radius 3 is 1.87 bits per heavy atom. The fourth-order valence-corrected chi connectivity index (χ4v) is 4.22. The van der Waals surface area contributed by atoms with Gasteiger partial charge in [0.25, 0.3) is 0 Å². The van der Waals surface area contributed by atoms with E-state index in [1.165, 1.54) is 23.9 Å². The molecule has 0 radical (unpaired) electrons. The number of hydrogen-bond donors (Lipinski definition) is 6. The molecule has 0 heterocycles. The first-order chi connectivity index (χ1) is 18.5. The molecule has 10 nitrogen and oxygen atoms in total. The number of hydrogen-bond acceptors (Lipinski definition) is 7. The average molecular weight is 559 g/mol. The highest BCUT2D eigenvalue weighted by Gasteiger charge is 2.31. The Morgan fingerprint density at radius 1 is 0.795 bits per heavy atom. The summed E-state index contributed by atoms with van der Waals surface area (Å²) in [5.74, 6) is -2.48. The van der Waals surface area contributed by atoms with Crippen LogP contribution in [0.15, 0.2) is 54.6 Å². The van der Waals surface area contributed by atoms with Crippen LogP contribution in [0.2, 0.25) is 0 Å². The zero-order valence-corrected chi connectivity index (χ0v) is 23.2. The molecule has 4 atom stereocenters. The van der Waals surface area contributed by atoms with Gasteiger partial charge in [-0.1, -0.05) is 56.3 Å². The van der Waals surface area contributed by atoms with Crippen LogP contribution in [-0.2, 0) is 32.0 Å². The van der Waals surface area contributed by atoms with Crippen molar-refractivity contribution in [2.75, 3.05) is 12.0 Å². The zero-order valence-electron chi connectivity index (χ0n) is 22.4. The lowest BCUT2D eigenvalue weighted by Gasteiger charge is -2.26. The summed E-state index contributed by atoms with van der Waals surface area (Å²) in [6, 6.07) is 10.9. The maximum Gasteiger partial charge on any atom is 0.326 e. The van der Waals surface area contributed by atoms with Gasteiger partial charge in [0.05, 0.1) is 6.04 Å². The van der Waals surface area contributed by atoms with Crippen LogP contribution >= 0.6 is 11.8 Å². The number of thioether (sulfide) groups is 1. The Bertz CT molecular complexity index is 1100. The number of carbonyl (C=O) groups is 4. The maximum absolute atomic E-state index is 13.4. The lowest BCUT2D eigenvalue weighted by Crippen LogP contribution is -2.58. The topological polar surface area (TPSA) is 171 Å². The lowest BCUT2D eigenvalue weighted by molar-refractivity contribution is -0.142. The van der Waals surface area contributed by atoms with Crippen LogP contribution in [0.3, 0.4) is 0 Å². The summed E-state index contributed by atoms with van der Waals surface area (Å²) in [7, 11) is 0. The molecule has 11 heteroatoms. The fraction of sp³-hybridized carbons (Fsp3) is 0.429. The van der Waals surface area contributed by atoms with Crippen molar-refractivity contribution in [2.45, 2.75) is 57.3 Å². The summed E-state index contributed by atoms with van der Waals surface area (Å²) in [6.07, 6.45) is 2.27. The molecule has 0 aromatic heterocycles. The molecule has 0 aliphatic carbocycles. The Hall–Kier alpha value is -3.57. The third-order valence-corrected chi connectivity index (χ3v) is 6.81. The van der Waals surface area contributed by atoms with Gasteiger partial charge >= 0.3 is 5.97 Å². The fourth-order valence-electron chi connectivity index (χ4n) is 3.75. The van der Waals surface area contributed by atoms with Crippen LogP contribution < -0.4 is 21.7 Å². The normalized spacial score (nSPS) is 14.1. The number of nitrogens with two attached hydrogens (primary N) is 1. The molecular formula is C28H38N4O6S. The highest BCUT2D eigenvalue weighted by Crippen LogP contribution is 2.13. The number of carboxylic acids is 1. The van der Waals surface area contributed by atoms with Gasteiger partial charge in [-0.25, -0.2) is 4.79 Å². The minimum absolute atomic E-state index is 0.0320. The molecule has 0 saturated carbocycles. The quantitative estimate of drug-likeness (QED) is 0.191. The number of carboxylic acid groups (broad SMARTS) is 1. The molecule has 3 amide bonds. The van der Waals surface area contributed by atoms with Gasteiger partial charge in [-0.15, -0.1) is 0 Å². The molecule has 0 aliphatic heterocycles. The molecule has 2 rings (SSSR count). The van der Waals surface area contributed by atoms with Crippen LogP contribution in [0.4, 0.5) is 0 Å². The summed E-state index contributed by atoms with van der Waals surface area (Å²) < 4.78 is 0. The molecule has 2 aromatic rings. The zero-order chi connectivity index (χ0) is 28.9. The van der Waals surface area contributed by atoms with Gasteiger partial charge in [0.2, 0.25) is 17.7 Å². The Labute approximate surface area is 233 Å². The van der Waals surface area contributed by atoms with E-state index in [0.717, 1.165) is 5.56 Å². The Balaban J connectivity index is 2.26. The van der Waals surface area contributed by atoms with E-state index < -0.39 is 47.9 Å². The van der Waals surface area contributed by atoms with Crippen molar-refractivity contribution >= 4 is 35.5 Å². The maximum atomic E-state index is 13.4. The van der Waals surface area contributed by atoms with Crippen molar-refractivity contribution in [3.63, 3.8) is 0 Å². The van der Waals surface area contributed by atoms with E-state index in [0.29, 0.717) is 17.7 Å². The number of aromatic hydroxyl groups is 1. The van der Waals surface area contributed by atoms with Crippen molar-refractivity contribution in [3.8, 4) is 5.75 Å². The number of phenolic OH excluding ortho intramolecular Hbond substituents is 1. The van der Waals surface area contributed by atoms with Crippen LogP contribution in [0.5, 0.6) is 5.75 Å². The number of phenols is 1. The lowest BCUT2D eigenvalue weighted by atomic mass is 10.0. The van der Waals surface area contributed by atoms with Crippen molar-refractivity contribution in [3.05, 3.63) is 65.7 Å². The molecule has 212 valence electrons. The second-order valence-corrected chi connectivity index (χ2v) is 10.6. The Kier molecular flexibility index (Phi) is 12.8. The number of nitrogens with one attached hydrogen (secondary N) is 3. The summed E-state index contributed by atoms with van der Waals surface area (Å²) in [5.41, 5.74) is 7.32. The summed E-state index contributed by atoms with van der Waals surface area (Å²) >= 11 is 1.50. The standard InChI is InChI=1S/C28H38N4O6S/c1-17(2)24(29)27(36)30-21(13-14-39-3)25(34)31-22(15-19-9-11-20(33)12-10-19)26(35)32-23(28(37)38)16-18-7-5-4-6-8-18/h4-12,17,21-24,33H,13-16,29H2,1-3H3,(H,30,36)(H,31,34)(H,32,35)(H,37,38). The van der Waals surface area contributed by atoms with Crippen LogP contribution in [0, 0.1) is 5.92 Å². The van der Waals surface area contributed by atoms with E-state index in [4.69, 9.17) is 5.73 Å². The minimum Gasteiger partial charge on any atom is -0.508 e. The van der Waals surface area contributed by atoms with Gasteiger partial charge in [-0.3, -0.25) is 14.4 Å². The Morgan fingerprint density at radius 2 is 1.31 bits per heavy atom. The molecule has 0 bridgehead atoms. The average Bonchev–Trinajstić information content (AvgIpc) is 2.91. The first-order valence-corrected chi connectivity index (χ1v) is 14.1. The molecular weight excluding hydrogens is 520 g/mol. The monoisotopic (exact) mass is 558 g/mol. The van der Waals surface area contributed by atoms with Crippen molar-refractivity contribution in [1.29, 1.82) is 0 Å². The molecule has 2 aromatic carbocycles. The van der Waals surface area contributed by atoms with E-state index in [1.807, 2.05) is 6.26 Å². The van der Waals surface area contributed by atoms with Gasteiger partial charge in [0, 0.05) is 12.8 Å². The predicted octanol–water partition coefficient (Wildman–Crippen LogP) is 1.45.